The minimum Gasteiger partial charge on any atom is -0.388 e. The Morgan fingerprint density at radius 3 is 2.30 bits per heavy atom. The van der Waals surface area contributed by atoms with Gasteiger partial charge in [0.15, 0.2) is 0 Å². The molecule has 1 aliphatic heterocycles. The van der Waals surface area contributed by atoms with Crippen molar-refractivity contribution >= 4 is 17.3 Å². The van der Waals surface area contributed by atoms with Crippen LogP contribution in [0.2, 0.25) is 0 Å². The Labute approximate surface area is 216 Å². The molecule has 0 aromatic heterocycles. The molecular formula is C30H32F2N4O. The lowest BCUT2D eigenvalue weighted by Crippen LogP contribution is -2.27. The Morgan fingerprint density at radius 2 is 1.62 bits per heavy atom. The van der Waals surface area contributed by atoms with Crippen LogP contribution in [0.5, 0.6) is 0 Å². The molecule has 1 atom stereocenters. The molecule has 5 rings (SSSR count). The number of allylic oxidation sites excluding steroid dienone is 1. The van der Waals surface area contributed by atoms with E-state index < -0.39 is 11.8 Å². The van der Waals surface area contributed by atoms with Crippen LogP contribution in [0, 0.1) is 19.8 Å². The zero-order valence-corrected chi connectivity index (χ0v) is 21.5. The number of hydrogen-bond donors (Lipinski definition) is 4. The van der Waals surface area contributed by atoms with Crippen molar-refractivity contribution in [3.05, 3.63) is 94.3 Å². The fourth-order valence-electron chi connectivity index (χ4n) is 5.04. The summed E-state index contributed by atoms with van der Waals surface area (Å²) < 4.78 is 29.2. The van der Waals surface area contributed by atoms with Gasteiger partial charge in [-0.15, -0.1) is 0 Å². The first-order valence-electron chi connectivity index (χ1n) is 12.6. The van der Waals surface area contributed by atoms with Gasteiger partial charge in [-0.1, -0.05) is 30.3 Å². The van der Waals surface area contributed by atoms with Crippen LogP contribution in [0.15, 0.2) is 72.1 Å². The molecule has 2 aliphatic rings. The van der Waals surface area contributed by atoms with E-state index in [0.29, 0.717) is 29.9 Å². The third-order valence-electron chi connectivity index (χ3n) is 7.19. The van der Waals surface area contributed by atoms with Crippen molar-refractivity contribution in [3.63, 3.8) is 0 Å². The van der Waals surface area contributed by atoms with Crippen LogP contribution in [0.4, 0.5) is 20.2 Å². The summed E-state index contributed by atoms with van der Waals surface area (Å²) in [7, 11) is 1.88. The van der Waals surface area contributed by atoms with Crippen LogP contribution >= 0.6 is 0 Å². The molecule has 1 saturated carbocycles. The molecular weight excluding hydrogens is 470 g/mol. The van der Waals surface area contributed by atoms with Gasteiger partial charge in [0.25, 0.3) is 11.8 Å². The van der Waals surface area contributed by atoms with Crippen molar-refractivity contribution in [2.75, 3.05) is 17.7 Å². The second-order valence-corrected chi connectivity index (χ2v) is 10.0. The summed E-state index contributed by atoms with van der Waals surface area (Å²) in [4.78, 5) is 13.1. The van der Waals surface area contributed by atoms with E-state index in [4.69, 9.17) is 0 Å². The van der Waals surface area contributed by atoms with E-state index >= 15 is 0 Å². The molecule has 1 aliphatic carbocycles. The molecule has 1 amide bonds. The molecule has 0 radical (unpaired) electrons. The first-order chi connectivity index (χ1) is 17.7. The van der Waals surface area contributed by atoms with E-state index in [9.17, 15) is 13.6 Å². The Morgan fingerprint density at radius 1 is 0.919 bits per heavy atom. The van der Waals surface area contributed by atoms with Crippen molar-refractivity contribution < 1.29 is 13.6 Å². The fraction of sp³-hybridized carbons (Fsp3) is 0.300. The number of alkyl halides is 2. The third kappa shape index (κ3) is 4.90. The summed E-state index contributed by atoms with van der Waals surface area (Å²) in [5, 5.41) is 12.7. The highest BCUT2D eigenvalue weighted by molar-refractivity contribution is 6.04. The Balaban J connectivity index is 1.36. The third-order valence-corrected chi connectivity index (χ3v) is 7.19. The van der Waals surface area contributed by atoms with Crippen LogP contribution in [0.25, 0.3) is 11.1 Å². The first kappa shape index (κ1) is 24.8. The molecule has 1 heterocycles. The number of amides is 1. The van der Waals surface area contributed by atoms with E-state index in [1.54, 1.807) is 12.1 Å². The molecule has 0 bridgehead atoms. The Hall–Kier alpha value is -3.87. The van der Waals surface area contributed by atoms with Gasteiger partial charge in [-0.2, -0.15) is 0 Å². The predicted molar refractivity (Wildman–Crippen MR) is 144 cm³/mol. The van der Waals surface area contributed by atoms with Gasteiger partial charge >= 0.3 is 0 Å². The molecule has 1 unspecified atom stereocenters. The molecule has 7 heteroatoms. The van der Waals surface area contributed by atoms with E-state index in [0.717, 1.165) is 16.8 Å². The number of carbonyl (C=O) groups is 1. The molecule has 3 aromatic rings. The Bertz CT molecular complexity index is 1370. The van der Waals surface area contributed by atoms with Crippen LogP contribution in [0.1, 0.15) is 48.2 Å². The summed E-state index contributed by atoms with van der Waals surface area (Å²) in [5.41, 5.74) is 7.94. The highest BCUT2D eigenvalue weighted by atomic mass is 19.3. The van der Waals surface area contributed by atoms with Gasteiger partial charge in [-0.05, 0) is 91.8 Å². The number of rotatable bonds is 7. The van der Waals surface area contributed by atoms with Crippen molar-refractivity contribution in [1.82, 2.24) is 10.6 Å². The zero-order valence-electron chi connectivity index (χ0n) is 21.5. The number of nitrogens with one attached hydrogen (secondary N) is 4. The van der Waals surface area contributed by atoms with Gasteiger partial charge in [0.1, 0.15) is 11.9 Å². The highest BCUT2D eigenvalue weighted by Gasteiger charge is 2.48. The van der Waals surface area contributed by atoms with Crippen molar-refractivity contribution in [1.29, 1.82) is 0 Å². The van der Waals surface area contributed by atoms with Gasteiger partial charge in [0.05, 0.1) is 0 Å². The quantitative estimate of drug-likeness (QED) is 0.295. The van der Waals surface area contributed by atoms with Crippen molar-refractivity contribution in [2.24, 2.45) is 5.92 Å². The van der Waals surface area contributed by atoms with E-state index in [-0.39, 0.29) is 17.6 Å². The smallest absolute Gasteiger partial charge is 0.276 e. The number of anilines is 2. The molecule has 3 aromatic carbocycles. The molecule has 0 spiro atoms. The van der Waals surface area contributed by atoms with E-state index in [2.05, 4.69) is 65.4 Å². The zero-order chi connectivity index (χ0) is 26.3. The minimum atomic E-state index is -2.88. The molecule has 37 heavy (non-hydrogen) atoms. The monoisotopic (exact) mass is 502 g/mol. The molecule has 4 N–H and O–H groups in total. The SMILES string of the molecule is CNc1cc(-c2c(C)cccc2C)cc(C2NC(C)=C(C(=O)Nc3cccc(C(F)(F)C4CC4)c3)N2)c1. The molecule has 5 nitrogen and oxygen atoms in total. The summed E-state index contributed by atoms with van der Waals surface area (Å²) in [6.07, 6.45) is 0.752. The minimum absolute atomic E-state index is 0.0585. The normalized spacial score (nSPS) is 17.3. The van der Waals surface area contributed by atoms with E-state index in [1.807, 2.05) is 20.0 Å². The molecule has 192 valence electrons. The number of benzene rings is 3. The van der Waals surface area contributed by atoms with Gasteiger partial charge in [-0.25, -0.2) is 8.78 Å². The summed E-state index contributed by atoms with van der Waals surface area (Å²) in [5.74, 6) is -3.86. The summed E-state index contributed by atoms with van der Waals surface area (Å²) >= 11 is 0. The largest absolute Gasteiger partial charge is 0.388 e. The second-order valence-electron chi connectivity index (χ2n) is 10.0. The van der Waals surface area contributed by atoms with Crippen molar-refractivity contribution in [2.45, 2.75) is 45.7 Å². The Kier molecular flexibility index (Phi) is 6.40. The van der Waals surface area contributed by atoms with Gasteiger partial charge in [0, 0.05) is 35.6 Å². The predicted octanol–water partition coefficient (Wildman–Crippen LogP) is 6.58. The van der Waals surface area contributed by atoms with Crippen LogP contribution in [-0.2, 0) is 10.7 Å². The number of aryl methyl sites for hydroxylation is 2. The molecule has 0 saturated heterocycles. The second kappa shape index (κ2) is 9.54. The number of halogens is 2. The first-order valence-corrected chi connectivity index (χ1v) is 12.6. The van der Waals surface area contributed by atoms with Gasteiger partial charge in [-0.3, -0.25) is 4.79 Å². The summed E-state index contributed by atoms with van der Waals surface area (Å²) in [6, 6.07) is 18.5. The van der Waals surface area contributed by atoms with Crippen LogP contribution in [-0.4, -0.2) is 13.0 Å². The van der Waals surface area contributed by atoms with Gasteiger partial charge < -0.3 is 21.3 Å². The van der Waals surface area contributed by atoms with Crippen LogP contribution < -0.4 is 21.3 Å². The lowest BCUT2D eigenvalue weighted by atomic mass is 9.93. The van der Waals surface area contributed by atoms with Crippen molar-refractivity contribution in [3.8, 4) is 11.1 Å². The van der Waals surface area contributed by atoms with Crippen LogP contribution in [0.3, 0.4) is 0 Å². The number of hydrogen-bond acceptors (Lipinski definition) is 4. The average Bonchev–Trinajstić information content (AvgIpc) is 3.66. The topological polar surface area (TPSA) is 65.2 Å². The maximum absolute atomic E-state index is 14.6. The maximum atomic E-state index is 14.6. The lowest BCUT2D eigenvalue weighted by molar-refractivity contribution is -0.113. The molecule has 1 fully saturated rings. The highest BCUT2D eigenvalue weighted by Crippen LogP contribution is 2.50. The van der Waals surface area contributed by atoms with Gasteiger partial charge in [0.2, 0.25) is 0 Å². The summed E-state index contributed by atoms with van der Waals surface area (Å²) in [6.45, 7) is 6.03. The van der Waals surface area contributed by atoms with E-state index in [1.165, 1.54) is 28.8 Å². The standard InChI is InChI=1S/C30H32F2N4O/c1-17-7-5-8-18(2)26(17)20-13-21(15-25(14-20)33-4)28-34-19(3)27(36-28)29(37)35-24-10-6-9-23(16-24)30(31,32)22-11-12-22/h5-10,13-16,22,28,33-34,36H,11-12H2,1-4H3,(H,35,37). The lowest BCUT2D eigenvalue weighted by Gasteiger charge is -2.19. The number of carbonyl (C=O) groups excluding carboxylic acids is 1. The fourth-order valence-corrected chi connectivity index (χ4v) is 5.04. The maximum Gasteiger partial charge on any atom is 0.276 e. The average molecular weight is 503 g/mol.